The van der Waals surface area contributed by atoms with Crippen molar-refractivity contribution in [3.63, 3.8) is 0 Å². The second-order valence-electron chi connectivity index (χ2n) is 3.26. The van der Waals surface area contributed by atoms with Gasteiger partial charge in [0.05, 0.1) is 6.04 Å². The number of rotatable bonds is 2. The Labute approximate surface area is 81.5 Å². The molecule has 0 spiro atoms. The number of aliphatic carboxylic acids is 1. The molecular weight excluding hydrogens is 182 g/mol. The average Bonchev–Trinajstić information content (AvgIpc) is 2.68. The molecule has 0 aliphatic carbocycles. The number of hydrogen-bond donors (Lipinski definition) is 2. The third-order valence-electron chi connectivity index (χ3n) is 2.28. The van der Waals surface area contributed by atoms with Crippen molar-refractivity contribution in [2.24, 2.45) is 0 Å². The Morgan fingerprint density at radius 3 is 2.71 bits per heavy atom. The van der Waals surface area contributed by atoms with E-state index in [0.717, 1.165) is 5.56 Å². The van der Waals surface area contributed by atoms with Crippen LogP contribution in [-0.2, 0) is 9.63 Å². The lowest BCUT2D eigenvalue weighted by Crippen LogP contribution is -2.19. The predicted octanol–water partition coefficient (Wildman–Crippen LogP) is 1.11. The van der Waals surface area contributed by atoms with Crippen LogP contribution in [0.3, 0.4) is 0 Å². The molecule has 1 aliphatic rings. The highest BCUT2D eigenvalue weighted by molar-refractivity contribution is 5.72. The third kappa shape index (κ3) is 1.76. The molecule has 2 N–H and O–H groups in total. The van der Waals surface area contributed by atoms with E-state index in [1.165, 1.54) is 0 Å². The number of carboxylic acids is 1. The van der Waals surface area contributed by atoms with Crippen molar-refractivity contribution in [2.75, 3.05) is 0 Å². The van der Waals surface area contributed by atoms with Gasteiger partial charge in [-0.05, 0) is 5.56 Å². The van der Waals surface area contributed by atoms with Gasteiger partial charge in [-0.15, -0.1) is 0 Å². The highest BCUT2D eigenvalue weighted by Gasteiger charge is 2.31. The lowest BCUT2D eigenvalue weighted by atomic mass is 10.0. The Bertz CT molecular complexity index is 325. The monoisotopic (exact) mass is 193 g/mol. The summed E-state index contributed by atoms with van der Waals surface area (Å²) in [6.07, 6.45) is -0.264. The lowest BCUT2D eigenvalue weighted by Gasteiger charge is -2.06. The van der Waals surface area contributed by atoms with Gasteiger partial charge in [0.2, 0.25) is 0 Å². The first-order valence-electron chi connectivity index (χ1n) is 4.46. The number of benzene rings is 1. The second-order valence-corrected chi connectivity index (χ2v) is 3.26. The first-order valence-corrected chi connectivity index (χ1v) is 4.46. The van der Waals surface area contributed by atoms with Gasteiger partial charge < -0.3 is 5.11 Å². The normalized spacial score (nSPS) is 26.3. The summed E-state index contributed by atoms with van der Waals surface area (Å²) < 4.78 is 0. The summed E-state index contributed by atoms with van der Waals surface area (Å²) in [5.74, 6) is -0.920. The minimum Gasteiger partial charge on any atom is -0.479 e. The van der Waals surface area contributed by atoms with E-state index >= 15 is 0 Å². The summed E-state index contributed by atoms with van der Waals surface area (Å²) >= 11 is 0. The van der Waals surface area contributed by atoms with Crippen LogP contribution in [0.5, 0.6) is 0 Å². The van der Waals surface area contributed by atoms with E-state index in [-0.39, 0.29) is 6.04 Å². The zero-order valence-corrected chi connectivity index (χ0v) is 7.51. The molecule has 1 fully saturated rings. The fraction of sp³-hybridized carbons (Fsp3) is 0.300. The first-order chi connectivity index (χ1) is 6.77. The minimum absolute atomic E-state index is 0.0164. The van der Waals surface area contributed by atoms with Crippen LogP contribution in [0.1, 0.15) is 18.0 Å². The van der Waals surface area contributed by atoms with Gasteiger partial charge >= 0.3 is 5.97 Å². The number of hydroxylamine groups is 1. The first kappa shape index (κ1) is 9.18. The lowest BCUT2D eigenvalue weighted by molar-refractivity contribution is -0.150. The number of hydrogen-bond acceptors (Lipinski definition) is 3. The molecule has 1 aromatic rings. The van der Waals surface area contributed by atoms with Crippen LogP contribution < -0.4 is 5.48 Å². The van der Waals surface area contributed by atoms with Gasteiger partial charge in [0, 0.05) is 6.42 Å². The van der Waals surface area contributed by atoms with Crippen molar-refractivity contribution in [3.05, 3.63) is 35.9 Å². The van der Waals surface area contributed by atoms with Crippen molar-refractivity contribution in [1.82, 2.24) is 5.48 Å². The zero-order valence-electron chi connectivity index (χ0n) is 7.51. The highest BCUT2D eigenvalue weighted by atomic mass is 16.7. The summed E-state index contributed by atoms with van der Waals surface area (Å²) in [5, 5.41) is 8.71. The topological polar surface area (TPSA) is 58.6 Å². The summed E-state index contributed by atoms with van der Waals surface area (Å²) in [6, 6.07) is 9.65. The molecule has 1 aromatic carbocycles. The molecular formula is C10H11NO3. The smallest absolute Gasteiger partial charge is 0.335 e. The Hall–Kier alpha value is -1.39. The van der Waals surface area contributed by atoms with Crippen LogP contribution in [0.15, 0.2) is 30.3 Å². The van der Waals surface area contributed by atoms with Gasteiger partial charge in [-0.2, -0.15) is 5.48 Å². The maximum absolute atomic E-state index is 10.6. The van der Waals surface area contributed by atoms with Crippen molar-refractivity contribution < 1.29 is 14.7 Å². The summed E-state index contributed by atoms with van der Waals surface area (Å²) in [4.78, 5) is 15.5. The quantitative estimate of drug-likeness (QED) is 0.738. The maximum Gasteiger partial charge on any atom is 0.335 e. The van der Waals surface area contributed by atoms with Gasteiger partial charge in [0.25, 0.3) is 0 Å². The van der Waals surface area contributed by atoms with Crippen LogP contribution in [0.25, 0.3) is 0 Å². The van der Waals surface area contributed by atoms with Crippen LogP contribution >= 0.6 is 0 Å². The Morgan fingerprint density at radius 2 is 2.14 bits per heavy atom. The van der Waals surface area contributed by atoms with E-state index in [2.05, 4.69) is 5.48 Å². The third-order valence-corrected chi connectivity index (χ3v) is 2.28. The molecule has 1 saturated heterocycles. The molecule has 0 aromatic heterocycles. The van der Waals surface area contributed by atoms with Crippen LogP contribution in [-0.4, -0.2) is 17.2 Å². The molecule has 74 valence electrons. The van der Waals surface area contributed by atoms with Crippen LogP contribution in [0, 0.1) is 0 Å². The van der Waals surface area contributed by atoms with Crippen LogP contribution in [0.4, 0.5) is 0 Å². The number of carbonyl (C=O) groups is 1. The SMILES string of the molecule is O=C(O)C1CC(c2ccccc2)NO1. The minimum atomic E-state index is -0.920. The van der Waals surface area contributed by atoms with Crippen molar-refractivity contribution in [1.29, 1.82) is 0 Å². The molecule has 0 radical (unpaired) electrons. The molecule has 2 atom stereocenters. The fourth-order valence-corrected chi connectivity index (χ4v) is 1.52. The molecule has 0 saturated carbocycles. The summed E-state index contributed by atoms with van der Waals surface area (Å²) in [5.41, 5.74) is 3.78. The van der Waals surface area contributed by atoms with Gasteiger partial charge in [0.1, 0.15) is 0 Å². The maximum atomic E-state index is 10.6. The van der Waals surface area contributed by atoms with Crippen molar-refractivity contribution in [2.45, 2.75) is 18.6 Å². The fourth-order valence-electron chi connectivity index (χ4n) is 1.52. The Balaban J connectivity index is 2.06. The van der Waals surface area contributed by atoms with Gasteiger partial charge in [0.15, 0.2) is 6.10 Å². The van der Waals surface area contributed by atoms with Gasteiger partial charge in [-0.1, -0.05) is 30.3 Å². The highest BCUT2D eigenvalue weighted by Crippen LogP contribution is 2.24. The molecule has 0 amide bonds. The van der Waals surface area contributed by atoms with Gasteiger partial charge in [-0.3, -0.25) is 4.84 Å². The van der Waals surface area contributed by atoms with Crippen LogP contribution in [0.2, 0.25) is 0 Å². The second kappa shape index (κ2) is 3.77. The molecule has 0 bridgehead atoms. The van der Waals surface area contributed by atoms with E-state index in [0.29, 0.717) is 6.42 Å². The number of nitrogens with one attached hydrogen (secondary N) is 1. The molecule has 2 unspecified atom stereocenters. The molecule has 1 aliphatic heterocycles. The Morgan fingerprint density at radius 1 is 1.43 bits per heavy atom. The predicted molar refractivity (Wildman–Crippen MR) is 49.4 cm³/mol. The van der Waals surface area contributed by atoms with E-state index in [1.807, 2.05) is 30.3 Å². The number of carboxylic acid groups (broad SMARTS) is 1. The molecule has 2 rings (SSSR count). The Kier molecular flexibility index (Phi) is 2.47. The average molecular weight is 193 g/mol. The van der Waals surface area contributed by atoms with Crippen molar-refractivity contribution in [3.8, 4) is 0 Å². The largest absolute Gasteiger partial charge is 0.479 e. The molecule has 4 nitrogen and oxygen atoms in total. The van der Waals surface area contributed by atoms with E-state index < -0.39 is 12.1 Å². The summed E-state index contributed by atoms with van der Waals surface area (Å²) in [6.45, 7) is 0. The van der Waals surface area contributed by atoms with E-state index in [9.17, 15) is 4.79 Å². The molecule has 1 heterocycles. The zero-order chi connectivity index (χ0) is 9.97. The standard InChI is InChI=1S/C10H11NO3/c12-10(13)9-6-8(11-14-9)7-4-2-1-3-5-7/h1-5,8-9,11H,6H2,(H,12,13). The summed E-state index contributed by atoms with van der Waals surface area (Å²) in [7, 11) is 0. The van der Waals surface area contributed by atoms with E-state index in [4.69, 9.17) is 9.94 Å². The van der Waals surface area contributed by atoms with E-state index in [1.54, 1.807) is 0 Å². The van der Waals surface area contributed by atoms with Crippen molar-refractivity contribution >= 4 is 5.97 Å². The molecule has 4 heteroatoms. The van der Waals surface area contributed by atoms with Gasteiger partial charge in [-0.25, -0.2) is 4.79 Å². The molecule has 14 heavy (non-hydrogen) atoms.